The maximum Gasteiger partial charge on any atom is 0.329 e. The fourth-order valence-electron chi connectivity index (χ4n) is 1.88. The van der Waals surface area contributed by atoms with Crippen molar-refractivity contribution in [3.05, 3.63) is 23.2 Å². The molecule has 20 heavy (non-hydrogen) atoms. The Labute approximate surface area is 119 Å². The van der Waals surface area contributed by atoms with E-state index in [0.717, 1.165) is 4.90 Å². The molecule has 0 unspecified atom stereocenters. The molecule has 0 spiro atoms. The van der Waals surface area contributed by atoms with Gasteiger partial charge in [0, 0.05) is 0 Å². The van der Waals surface area contributed by atoms with Crippen molar-refractivity contribution in [3.8, 4) is 5.75 Å². The molecule has 0 aliphatic carbocycles. The second-order valence-corrected chi connectivity index (χ2v) is 4.50. The highest BCUT2D eigenvalue weighted by molar-refractivity contribution is 6.32. The summed E-state index contributed by atoms with van der Waals surface area (Å²) in [7, 11) is 1.44. The molecule has 1 fully saturated rings. The van der Waals surface area contributed by atoms with Crippen LogP contribution in [0.25, 0.3) is 0 Å². The normalized spacial score (nSPS) is 18.1. The lowest BCUT2D eigenvalue weighted by Gasteiger charge is -2.14. The molecule has 3 amide bonds. The van der Waals surface area contributed by atoms with Crippen LogP contribution in [-0.2, 0) is 9.59 Å². The lowest BCUT2D eigenvalue weighted by Crippen LogP contribution is -2.32. The van der Waals surface area contributed by atoms with E-state index in [0.29, 0.717) is 5.75 Å². The Hall–Kier alpha value is -2.28. The van der Waals surface area contributed by atoms with Gasteiger partial charge in [0.25, 0.3) is 5.91 Å². The third kappa shape index (κ3) is 2.53. The lowest BCUT2D eigenvalue weighted by atomic mass is 10.2. The number of carboxylic acid groups (broad SMARTS) is 1. The Balaban J connectivity index is 2.28. The van der Waals surface area contributed by atoms with Crippen molar-refractivity contribution in [1.29, 1.82) is 0 Å². The number of aliphatic carboxylic acids is 1. The number of urea groups is 1. The molecule has 2 rings (SSSR count). The molecular formula is C12H11ClN2O5. The van der Waals surface area contributed by atoms with Gasteiger partial charge >= 0.3 is 12.0 Å². The number of carbonyl (C=O) groups excluding carboxylic acids is 2. The minimum absolute atomic E-state index is 0.243. The van der Waals surface area contributed by atoms with Crippen molar-refractivity contribution >= 4 is 35.2 Å². The number of carboxylic acids is 1. The van der Waals surface area contributed by atoms with Gasteiger partial charge in [-0.05, 0) is 18.2 Å². The summed E-state index contributed by atoms with van der Waals surface area (Å²) in [5.74, 6) is -1.39. The number of benzene rings is 1. The zero-order valence-corrected chi connectivity index (χ0v) is 11.2. The minimum Gasteiger partial charge on any atom is -0.495 e. The molecule has 1 aromatic carbocycles. The summed E-state index contributed by atoms with van der Waals surface area (Å²) >= 11 is 5.94. The standard InChI is InChI=1S/C12H11ClN2O5/c1-20-9-3-2-6(4-7(9)13)15-11(18)8(5-10(16)17)14-12(15)19/h2-4,8H,5H2,1H3,(H,14,19)(H,16,17)/t8-/m0/s1. The topological polar surface area (TPSA) is 95.9 Å². The number of methoxy groups -OCH3 is 1. The molecule has 1 aliphatic heterocycles. The molecule has 1 atom stereocenters. The molecule has 8 heteroatoms. The first kappa shape index (κ1) is 14.1. The van der Waals surface area contributed by atoms with Crippen LogP contribution in [-0.4, -0.2) is 36.2 Å². The second kappa shape index (κ2) is 5.38. The van der Waals surface area contributed by atoms with E-state index in [4.69, 9.17) is 21.4 Å². The summed E-state index contributed by atoms with van der Waals surface area (Å²) in [5, 5.41) is 11.2. The maximum absolute atomic E-state index is 12.0. The van der Waals surface area contributed by atoms with Crippen LogP contribution in [0.1, 0.15) is 6.42 Å². The van der Waals surface area contributed by atoms with Crippen LogP contribution in [0.2, 0.25) is 5.02 Å². The molecule has 7 nitrogen and oxygen atoms in total. The van der Waals surface area contributed by atoms with Crippen molar-refractivity contribution in [2.45, 2.75) is 12.5 Å². The second-order valence-electron chi connectivity index (χ2n) is 4.09. The number of hydrogen-bond donors (Lipinski definition) is 2. The SMILES string of the molecule is COc1ccc(N2C(=O)N[C@@H](CC(=O)O)C2=O)cc1Cl. The highest BCUT2D eigenvalue weighted by Gasteiger charge is 2.40. The minimum atomic E-state index is -1.17. The zero-order valence-electron chi connectivity index (χ0n) is 10.4. The van der Waals surface area contributed by atoms with Crippen LogP contribution in [0, 0.1) is 0 Å². The molecule has 1 saturated heterocycles. The Morgan fingerprint density at radius 2 is 2.20 bits per heavy atom. The molecule has 1 aliphatic rings. The van der Waals surface area contributed by atoms with E-state index < -0.39 is 30.4 Å². The van der Waals surface area contributed by atoms with Gasteiger partial charge in [-0.15, -0.1) is 0 Å². The summed E-state index contributed by atoms with van der Waals surface area (Å²) in [6, 6.07) is 2.66. The molecule has 0 radical (unpaired) electrons. The molecule has 0 bridgehead atoms. The van der Waals surface area contributed by atoms with E-state index in [-0.39, 0.29) is 10.7 Å². The van der Waals surface area contributed by atoms with Gasteiger partial charge in [-0.2, -0.15) is 0 Å². The number of ether oxygens (including phenoxy) is 1. The highest BCUT2D eigenvalue weighted by atomic mass is 35.5. The van der Waals surface area contributed by atoms with E-state index in [1.165, 1.54) is 25.3 Å². The van der Waals surface area contributed by atoms with Crippen molar-refractivity contribution < 1.29 is 24.2 Å². The lowest BCUT2D eigenvalue weighted by molar-refractivity contribution is -0.139. The molecule has 106 valence electrons. The molecule has 2 N–H and O–H groups in total. The van der Waals surface area contributed by atoms with Gasteiger partial charge in [-0.3, -0.25) is 9.59 Å². The summed E-state index contributed by atoms with van der Waals surface area (Å²) < 4.78 is 4.98. The highest BCUT2D eigenvalue weighted by Crippen LogP contribution is 2.30. The molecule has 0 saturated carbocycles. The Morgan fingerprint density at radius 3 is 2.75 bits per heavy atom. The van der Waals surface area contributed by atoms with E-state index >= 15 is 0 Å². The summed E-state index contributed by atoms with van der Waals surface area (Å²) in [4.78, 5) is 35.3. The molecule has 1 aromatic rings. The van der Waals surface area contributed by atoms with Crippen molar-refractivity contribution in [1.82, 2.24) is 5.32 Å². The Bertz CT molecular complexity index is 589. The number of nitrogens with one attached hydrogen (secondary N) is 1. The van der Waals surface area contributed by atoms with Crippen LogP contribution in [0.15, 0.2) is 18.2 Å². The zero-order chi connectivity index (χ0) is 14.9. The Kier molecular flexibility index (Phi) is 3.80. The predicted octanol–water partition coefficient (Wildman–Crippen LogP) is 1.25. The van der Waals surface area contributed by atoms with Gasteiger partial charge in [-0.1, -0.05) is 11.6 Å². The largest absolute Gasteiger partial charge is 0.495 e. The average molecular weight is 299 g/mol. The van der Waals surface area contributed by atoms with E-state index in [2.05, 4.69) is 5.32 Å². The number of hydrogen-bond acceptors (Lipinski definition) is 4. The van der Waals surface area contributed by atoms with Gasteiger partial charge in [0.05, 0.1) is 24.2 Å². The third-order valence-corrected chi connectivity index (χ3v) is 3.09. The van der Waals surface area contributed by atoms with Crippen molar-refractivity contribution in [3.63, 3.8) is 0 Å². The number of nitrogens with zero attached hydrogens (tertiary/aromatic N) is 1. The first-order valence-electron chi connectivity index (χ1n) is 5.64. The van der Waals surface area contributed by atoms with Gasteiger partial charge < -0.3 is 15.2 Å². The molecule has 0 aromatic heterocycles. The third-order valence-electron chi connectivity index (χ3n) is 2.79. The fraction of sp³-hybridized carbons (Fsp3) is 0.250. The smallest absolute Gasteiger partial charge is 0.329 e. The van der Waals surface area contributed by atoms with E-state index in [1.54, 1.807) is 0 Å². The van der Waals surface area contributed by atoms with Gasteiger partial charge in [0.15, 0.2) is 0 Å². The number of anilines is 1. The van der Waals surface area contributed by atoms with Crippen LogP contribution < -0.4 is 15.0 Å². The molecular weight excluding hydrogens is 288 g/mol. The van der Waals surface area contributed by atoms with E-state index in [1.807, 2.05) is 0 Å². The van der Waals surface area contributed by atoms with Crippen LogP contribution in [0.5, 0.6) is 5.75 Å². The molecule has 1 heterocycles. The quantitative estimate of drug-likeness (QED) is 0.816. The predicted molar refractivity (Wildman–Crippen MR) is 70.1 cm³/mol. The first-order valence-corrected chi connectivity index (χ1v) is 6.01. The fourth-order valence-corrected chi connectivity index (χ4v) is 2.14. The first-order chi connectivity index (χ1) is 9.43. The number of carbonyl (C=O) groups is 3. The summed E-state index contributed by atoms with van der Waals surface area (Å²) in [6.45, 7) is 0. The Morgan fingerprint density at radius 1 is 1.50 bits per heavy atom. The average Bonchev–Trinajstić information content (AvgIpc) is 2.63. The van der Waals surface area contributed by atoms with Gasteiger partial charge in [-0.25, -0.2) is 9.69 Å². The monoisotopic (exact) mass is 298 g/mol. The number of halogens is 1. The summed E-state index contributed by atoms with van der Waals surface area (Å²) in [5.41, 5.74) is 0.256. The van der Waals surface area contributed by atoms with Crippen molar-refractivity contribution in [2.75, 3.05) is 12.0 Å². The number of imide groups is 1. The van der Waals surface area contributed by atoms with Crippen LogP contribution in [0.3, 0.4) is 0 Å². The van der Waals surface area contributed by atoms with Crippen LogP contribution in [0.4, 0.5) is 10.5 Å². The van der Waals surface area contributed by atoms with Crippen LogP contribution >= 0.6 is 11.6 Å². The van der Waals surface area contributed by atoms with Crippen molar-refractivity contribution in [2.24, 2.45) is 0 Å². The maximum atomic E-state index is 12.0. The summed E-state index contributed by atoms with van der Waals surface area (Å²) in [6.07, 6.45) is -0.467. The number of amides is 3. The van der Waals surface area contributed by atoms with Gasteiger partial charge in [0.1, 0.15) is 11.8 Å². The van der Waals surface area contributed by atoms with Gasteiger partial charge in [0.2, 0.25) is 0 Å². The number of rotatable bonds is 4. The van der Waals surface area contributed by atoms with E-state index in [9.17, 15) is 14.4 Å².